The summed E-state index contributed by atoms with van der Waals surface area (Å²) in [6.07, 6.45) is 3.42. The first-order valence-electron chi connectivity index (χ1n) is 7.16. The summed E-state index contributed by atoms with van der Waals surface area (Å²) in [5, 5.41) is 5.85. The van der Waals surface area contributed by atoms with Gasteiger partial charge in [0, 0.05) is 12.6 Å². The molecule has 0 fully saturated rings. The molecule has 1 rings (SSSR count). The normalized spacial score (nSPS) is 12.2. The highest BCUT2D eigenvalue weighted by molar-refractivity contribution is 5.74. The van der Waals surface area contributed by atoms with Crippen LogP contribution >= 0.6 is 0 Å². The summed E-state index contributed by atoms with van der Waals surface area (Å²) in [5.74, 6) is 0.735. The number of urea groups is 1. The standard InChI is InChI=1S/C16H26N2O/c1-13(2)8-7-9-14(3)18-16(19)17-12-15-10-5-4-6-11-15/h4-6,10-11,13-14H,7-9,12H2,1-3H3,(H2,17,18,19). The molecule has 0 radical (unpaired) electrons. The largest absolute Gasteiger partial charge is 0.336 e. The highest BCUT2D eigenvalue weighted by Crippen LogP contribution is 2.08. The van der Waals surface area contributed by atoms with Gasteiger partial charge in [0.1, 0.15) is 0 Å². The van der Waals surface area contributed by atoms with Crippen molar-refractivity contribution in [2.24, 2.45) is 5.92 Å². The number of rotatable bonds is 7. The molecule has 1 unspecified atom stereocenters. The van der Waals surface area contributed by atoms with Crippen LogP contribution in [0.25, 0.3) is 0 Å². The second kappa shape index (κ2) is 8.57. The van der Waals surface area contributed by atoms with E-state index in [1.165, 1.54) is 6.42 Å². The molecule has 0 saturated heterocycles. The van der Waals surface area contributed by atoms with Gasteiger partial charge >= 0.3 is 6.03 Å². The third kappa shape index (κ3) is 7.50. The van der Waals surface area contributed by atoms with Crippen molar-refractivity contribution in [2.75, 3.05) is 0 Å². The molecule has 0 aliphatic heterocycles. The molecule has 19 heavy (non-hydrogen) atoms. The average molecular weight is 262 g/mol. The Morgan fingerprint density at radius 1 is 1.11 bits per heavy atom. The first-order chi connectivity index (χ1) is 9.08. The molecule has 0 spiro atoms. The molecular formula is C16H26N2O. The van der Waals surface area contributed by atoms with Crippen LogP contribution in [0.15, 0.2) is 30.3 Å². The van der Waals surface area contributed by atoms with E-state index in [9.17, 15) is 4.79 Å². The van der Waals surface area contributed by atoms with Crippen molar-refractivity contribution in [1.29, 1.82) is 0 Å². The monoisotopic (exact) mass is 262 g/mol. The van der Waals surface area contributed by atoms with Crippen LogP contribution in [-0.2, 0) is 6.54 Å². The van der Waals surface area contributed by atoms with Gasteiger partial charge in [0.25, 0.3) is 0 Å². The van der Waals surface area contributed by atoms with Crippen molar-refractivity contribution >= 4 is 6.03 Å². The lowest BCUT2D eigenvalue weighted by Gasteiger charge is -2.15. The Hall–Kier alpha value is -1.51. The summed E-state index contributed by atoms with van der Waals surface area (Å²) in [7, 11) is 0. The third-order valence-electron chi connectivity index (χ3n) is 3.09. The number of carbonyl (C=O) groups excluding carboxylic acids is 1. The first-order valence-corrected chi connectivity index (χ1v) is 7.16. The maximum atomic E-state index is 11.7. The van der Waals surface area contributed by atoms with Crippen molar-refractivity contribution in [2.45, 2.75) is 52.6 Å². The fraction of sp³-hybridized carbons (Fsp3) is 0.562. The molecule has 106 valence electrons. The van der Waals surface area contributed by atoms with E-state index in [2.05, 4.69) is 31.4 Å². The SMILES string of the molecule is CC(C)CCCC(C)NC(=O)NCc1ccccc1. The maximum absolute atomic E-state index is 11.7. The van der Waals surface area contributed by atoms with Gasteiger partial charge in [0.15, 0.2) is 0 Å². The lowest BCUT2D eigenvalue weighted by atomic mass is 10.0. The van der Waals surface area contributed by atoms with Crippen LogP contribution in [-0.4, -0.2) is 12.1 Å². The minimum Gasteiger partial charge on any atom is -0.336 e. The number of carbonyl (C=O) groups is 1. The van der Waals surface area contributed by atoms with Gasteiger partial charge in [0.2, 0.25) is 0 Å². The van der Waals surface area contributed by atoms with Crippen molar-refractivity contribution in [3.8, 4) is 0 Å². The Kier molecular flexibility index (Phi) is 7.01. The minimum absolute atomic E-state index is 0.0825. The summed E-state index contributed by atoms with van der Waals surface area (Å²) in [5.41, 5.74) is 1.12. The zero-order valence-electron chi connectivity index (χ0n) is 12.3. The van der Waals surface area contributed by atoms with Crippen LogP contribution < -0.4 is 10.6 Å². The smallest absolute Gasteiger partial charge is 0.315 e. The van der Waals surface area contributed by atoms with Gasteiger partial charge in [-0.2, -0.15) is 0 Å². The summed E-state index contributed by atoms with van der Waals surface area (Å²) < 4.78 is 0. The van der Waals surface area contributed by atoms with Crippen LogP contribution in [0, 0.1) is 5.92 Å². The predicted molar refractivity (Wildman–Crippen MR) is 80.0 cm³/mol. The summed E-state index contributed by atoms with van der Waals surface area (Å²) >= 11 is 0. The highest BCUT2D eigenvalue weighted by Gasteiger charge is 2.06. The second-order valence-electron chi connectivity index (χ2n) is 5.54. The molecule has 0 aliphatic carbocycles. The van der Waals surface area contributed by atoms with Gasteiger partial charge in [-0.3, -0.25) is 0 Å². The van der Waals surface area contributed by atoms with Gasteiger partial charge in [-0.05, 0) is 24.8 Å². The van der Waals surface area contributed by atoms with E-state index in [-0.39, 0.29) is 12.1 Å². The Morgan fingerprint density at radius 3 is 2.42 bits per heavy atom. The number of hydrogen-bond donors (Lipinski definition) is 2. The molecule has 3 heteroatoms. The van der Waals surface area contributed by atoms with E-state index >= 15 is 0 Å². The zero-order valence-corrected chi connectivity index (χ0v) is 12.3. The molecule has 0 bridgehead atoms. The average Bonchev–Trinajstić information content (AvgIpc) is 2.37. The molecule has 0 aliphatic rings. The van der Waals surface area contributed by atoms with Gasteiger partial charge in [0.05, 0.1) is 0 Å². The lowest BCUT2D eigenvalue weighted by molar-refractivity contribution is 0.236. The fourth-order valence-electron chi connectivity index (χ4n) is 1.96. The zero-order chi connectivity index (χ0) is 14.1. The topological polar surface area (TPSA) is 41.1 Å². The molecule has 3 nitrogen and oxygen atoms in total. The molecule has 2 amide bonds. The molecule has 1 atom stereocenters. The van der Waals surface area contributed by atoms with Crippen molar-refractivity contribution in [1.82, 2.24) is 10.6 Å². The lowest BCUT2D eigenvalue weighted by Crippen LogP contribution is -2.40. The molecule has 0 aromatic heterocycles. The van der Waals surface area contributed by atoms with Crippen molar-refractivity contribution in [3.05, 3.63) is 35.9 Å². The van der Waals surface area contributed by atoms with E-state index in [0.717, 1.165) is 24.3 Å². The first kappa shape index (κ1) is 15.5. The Morgan fingerprint density at radius 2 is 1.79 bits per heavy atom. The van der Waals surface area contributed by atoms with Crippen LogP contribution in [0.2, 0.25) is 0 Å². The highest BCUT2D eigenvalue weighted by atomic mass is 16.2. The predicted octanol–water partition coefficient (Wildman–Crippen LogP) is 3.70. The van der Waals surface area contributed by atoms with E-state index in [1.54, 1.807) is 0 Å². The quantitative estimate of drug-likeness (QED) is 0.773. The molecule has 0 saturated carbocycles. The van der Waals surface area contributed by atoms with Crippen molar-refractivity contribution < 1.29 is 4.79 Å². The Bertz CT molecular complexity index is 362. The second-order valence-corrected chi connectivity index (χ2v) is 5.54. The number of benzene rings is 1. The van der Waals surface area contributed by atoms with Gasteiger partial charge in [-0.1, -0.05) is 57.0 Å². The maximum Gasteiger partial charge on any atom is 0.315 e. The molecule has 2 N–H and O–H groups in total. The van der Waals surface area contributed by atoms with Crippen LogP contribution in [0.4, 0.5) is 4.79 Å². The van der Waals surface area contributed by atoms with E-state index in [1.807, 2.05) is 30.3 Å². The summed E-state index contributed by atoms with van der Waals surface area (Å²) in [6.45, 7) is 7.09. The Labute approximate surface area is 116 Å². The number of nitrogens with one attached hydrogen (secondary N) is 2. The van der Waals surface area contributed by atoms with Crippen LogP contribution in [0.1, 0.15) is 45.6 Å². The molecule has 0 heterocycles. The minimum atomic E-state index is -0.0825. The van der Waals surface area contributed by atoms with E-state index in [0.29, 0.717) is 6.54 Å². The number of amides is 2. The molecular weight excluding hydrogens is 236 g/mol. The van der Waals surface area contributed by atoms with Gasteiger partial charge in [-0.15, -0.1) is 0 Å². The number of hydrogen-bond acceptors (Lipinski definition) is 1. The molecule has 1 aromatic carbocycles. The fourth-order valence-corrected chi connectivity index (χ4v) is 1.96. The Balaban J connectivity index is 2.16. The van der Waals surface area contributed by atoms with Crippen LogP contribution in [0.5, 0.6) is 0 Å². The van der Waals surface area contributed by atoms with Gasteiger partial charge < -0.3 is 10.6 Å². The summed E-state index contributed by atoms with van der Waals surface area (Å²) in [4.78, 5) is 11.7. The third-order valence-corrected chi connectivity index (χ3v) is 3.09. The van der Waals surface area contributed by atoms with E-state index < -0.39 is 0 Å². The van der Waals surface area contributed by atoms with Crippen LogP contribution in [0.3, 0.4) is 0 Å². The van der Waals surface area contributed by atoms with Crippen molar-refractivity contribution in [3.63, 3.8) is 0 Å². The summed E-state index contributed by atoms with van der Waals surface area (Å²) in [6, 6.07) is 10.1. The molecule has 1 aromatic rings. The van der Waals surface area contributed by atoms with Gasteiger partial charge in [-0.25, -0.2) is 4.79 Å². The van der Waals surface area contributed by atoms with E-state index in [4.69, 9.17) is 0 Å².